The zero-order chi connectivity index (χ0) is 9.26. The fraction of sp³-hybridized carbons (Fsp3) is 0.667. The summed E-state index contributed by atoms with van der Waals surface area (Å²) in [5, 5.41) is 3.30. The first-order valence-electron chi connectivity index (χ1n) is 4.73. The highest BCUT2D eigenvalue weighted by Gasteiger charge is 2.16. The van der Waals surface area contributed by atoms with E-state index >= 15 is 0 Å². The maximum absolute atomic E-state index is 11.6. The number of rotatable bonds is 1. The Balaban J connectivity index is 2.24. The Labute approximate surface area is 77.2 Å². The van der Waals surface area contributed by atoms with Crippen molar-refractivity contribution in [3.63, 3.8) is 0 Å². The van der Waals surface area contributed by atoms with Crippen LogP contribution in [0.4, 0.5) is 0 Å². The van der Waals surface area contributed by atoms with E-state index in [-0.39, 0.29) is 5.69 Å². The molecule has 1 saturated heterocycles. The van der Waals surface area contributed by atoms with E-state index < -0.39 is 0 Å². The molecule has 1 aromatic rings. The monoisotopic (exact) mass is 181 g/mol. The third-order valence-electron chi connectivity index (χ3n) is 2.64. The summed E-state index contributed by atoms with van der Waals surface area (Å²) < 4.78 is 3.45. The van der Waals surface area contributed by atoms with Crippen LogP contribution in [0.15, 0.2) is 17.2 Å². The van der Waals surface area contributed by atoms with Crippen LogP contribution in [-0.4, -0.2) is 22.2 Å². The van der Waals surface area contributed by atoms with Gasteiger partial charge in [0.15, 0.2) is 0 Å². The molecule has 1 fully saturated rings. The molecule has 72 valence electrons. The molecule has 4 nitrogen and oxygen atoms in total. The number of piperidine rings is 1. The van der Waals surface area contributed by atoms with Gasteiger partial charge in [-0.1, -0.05) is 0 Å². The molecule has 0 aliphatic carbocycles. The molecule has 2 rings (SSSR count). The maximum Gasteiger partial charge on any atom is 0.328 e. The number of imidazole rings is 1. The van der Waals surface area contributed by atoms with Gasteiger partial charge in [0.1, 0.15) is 0 Å². The van der Waals surface area contributed by atoms with Crippen LogP contribution in [0.3, 0.4) is 0 Å². The Morgan fingerprint density at radius 2 is 2.38 bits per heavy atom. The van der Waals surface area contributed by atoms with Crippen LogP contribution >= 0.6 is 0 Å². The SMILES string of the molecule is Cn1ccn([C@@H]2CCCNC2)c1=O. The van der Waals surface area contributed by atoms with Crippen LogP contribution in [0.25, 0.3) is 0 Å². The number of nitrogens with zero attached hydrogens (tertiary/aromatic N) is 2. The molecule has 1 aromatic heterocycles. The lowest BCUT2D eigenvalue weighted by Crippen LogP contribution is -2.36. The van der Waals surface area contributed by atoms with Crippen molar-refractivity contribution in [2.45, 2.75) is 18.9 Å². The zero-order valence-electron chi connectivity index (χ0n) is 7.86. The van der Waals surface area contributed by atoms with Gasteiger partial charge in [-0.3, -0.25) is 4.57 Å². The average molecular weight is 181 g/mol. The third kappa shape index (κ3) is 1.54. The van der Waals surface area contributed by atoms with Crippen molar-refractivity contribution >= 4 is 0 Å². The Kier molecular flexibility index (Phi) is 2.22. The van der Waals surface area contributed by atoms with Crippen LogP contribution in [0.5, 0.6) is 0 Å². The largest absolute Gasteiger partial charge is 0.328 e. The highest BCUT2D eigenvalue weighted by molar-refractivity contribution is 4.86. The minimum Gasteiger partial charge on any atom is -0.315 e. The summed E-state index contributed by atoms with van der Waals surface area (Å²) in [4.78, 5) is 11.6. The predicted molar refractivity (Wildman–Crippen MR) is 50.8 cm³/mol. The molecule has 0 unspecified atom stereocenters. The van der Waals surface area contributed by atoms with Crippen molar-refractivity contribution in [2.75, 3.05) is 13.1 Å². The number of nitrogens with one attached hydrogen (secondary N) is 1. The molecule has 0 spiro atoms. The number of hydrogen-bond acceptors (Lipinski definition) is 2. The van der Waals surface area contributed by atoms with E-state index in [0.29, 0.717) is 6.04 Å². The molecule has 0 radical (unpaired) electrons. The smallest absolute Gasteiger partial charge is 0.315 e. The van der Waals surface area contributed by atoms with Gasteiger partial charge in [0, 0.05) is 26.0 Å². The quantitative estimate of drug-likeness (QED) is 0.668. The number of hydrogen-bond donors (Lipinski definition) is 1. The number of aromatic nitrogens is 2. The molecule has 0 saturated carbocycles. The Hall–Kier alpha value is -1.03. The van der Waals surface area contributed by atoms with Gasteiger partial charge in [-0.25, -0.2) is 4.79 Å². The molecule has 0 bridgehead atoms. The molecule has 1 atom stereocenters. The Bertz CT molecular complexity index is 333. The van der Waals surface area contributed by atoms with E-state index in [9.17, 15) is 4.79 Å². The molecule has 1 aliphatic rings. The second kappa shape index (κ2) is 3.38. The highest BCUT2D eigenvalue weighted by atomic mass is 16.1. The summed E-state index contributed by atoms with van der Waals surface area (Å²) in [6, 6.07) is 0.349. The van der Waals surface area contributed by atoms with E-state index in [0.717, 1.165) is 25.9 Å². The lowest BCUT2D eigenvalue weighted by atomic mass is 10.1. The van der Waals surface area contributed by atoms with E-state index in [1.54, 1.807) is 11.6 Å². The van der Waals surface area contributed by atoms with Gasteiger partial charge >= 0.3 is 5.69 Å². The van der Waals surface area contributed by atoms with Gasteiger partial charge in [0.2, 0.25) is 0 Å². The highest BCUT2D eigenvalue weighted by Crippen LogP contribution is 2.13. The van der Waals surface area contributed by atoms with Crippen LogP contribution in [-0.2, 0) is 7.05 Å². The molecule has 1 N–H and O–H groups in total. The Morgan fingerprint density at radius 1 is 1.54 bits per heavy atom. The molecular weight excluding hydrogens is 166 g/mol. The fourth-order valence-corrected chi connectivity index (χ4v) is 1.83. The molecule has 2 heterocycles. The van der Waals surface area contributed by atoms with Crippen LogP contribution < -0.4 is 11.0 Å². The predicted octanol–water partition coefficient (Wildman–Crippen LogP) is 0.111. The standard InChI is InChI=1S/C9H15N3O/c1-11-5-6-12(9(11)13)8-3-2-4-10-7-8/h5-6,8,10H,2-4,7H2,1H3/t8-/m1/s1. The van der Waals surface area contributed by atoms with Gasteiger partial charge in [-0.05, 0) is 19.4 Å². The first-order valence-corrected chi connectivity index (χ1v) is 4.73. The van der Waals surface area contributed by atoms with E-state index in [1.165, 1.54) is 0 Å². The molecule has 13 heavy (non-hydrogen) atoms. The summed E-state index contributed by atoms with van der Waals surface area (Å²) in [5.41, 5.74) is 0.0914. The van der Waals surface area contributed by atoms with Gasteiger partial charge in [-0.2, -0.15) is 0 Å². The molecule has 0 amide bonds. The van der Waals surface area contributed by atoms with Crippen LogP contribution in [0.2, 0.25) is 0 Å². The second-order valence-electron chi connectivity index (χ2n) is 3.60. The van der Waals surface area contributed by atoms with Gasteiger partial charge in [0.05, 0.1) is 6.04 Å². The number of aryl methyl sites for hydroxylation is 1. The minimum absolute atomic E-state index is 0.0914. The van der Waals surface area contributed by atoms with E-state index in [2.05, 4.69) is 5.32 Å². The summed E-state index contributed by atoms with van der Waals surface area (Å²) in [6.07, 6.45) is 5.96. The lowest BCUT2D eigenvalue weighted by Gasteiger charge is -2.23. The molecular formula is C9H15N3O. The zero-order valence-corrected chi connectivity index (χ0v) is 7.86. The molecule has 1 aliphatic heterocycles. The normalized spacial score (nSPS) is 23.3. The molecule has 0 aromatic carbocycles. The van der Waals surface area contributed by atoms with Crippen molar-refractivity contribution in [1.29, 1.82) is 0 Å². The molecule has 4 heteroatoms. The van der Waals surface area contributed by atoms with Crippen LogP contribution in [0.1, 0.15) is 18.9 Å². The minimum atomic E-state index is 0.0914. The first-order chi connectivity index (χ1) is 6.29. The summed E-state index contributed by atoms with van der Waals surface area (Å²) in [7, 11) is 1.79. The van der Waals surface area contributed by atoms with Gasteiger partial charge in [0.25, 0.3) is 0 Å². The van der Waals surface area contributed by atoms with Crippen molar-refractivity contribution in [3.05, 3.63) is 22.9 Å². The van der Waals surface area contributed by atoms with Gasteiger partial charge in [-0.15, -0.1) is 0 Å². The summed E-state index contributed by atoms with van der Waals surface area (Å²) in [5.74, 6) is 0. The average Bonchev–Trinajstić information content (AvgIpc) is 2.49. The van der Waals surface area contributed by atoms with Crippen molar-refractivity contribution in [1.82, 2.24) is 14.5 Å². The fourth-order valence-electron chi connectivity index (χ4n) is 1.83. The summed E-state index contributed by atoms with van der Waals surface area (Å²) in [6.45, 7) is 2.00. The van der Waals surface area contributed by atoms with E-state index in [1.807, 2.05) is 17.0 Å². The lowest BCUT2D eigenvalue weighted by molar-refractivity contribution is 0.362. The Morgan fingerprint density at radius 3 is 2.92 bits per heavy atom. The van der Waals surface area contributed by atoms with E-state index in [4.69, 9.17) is 0 Å². The van der Waals surface area contributed by atoms with Crippen molar-refractivity contribution in [2.24, 2.45) is 7.05 Å². The maximum atomic E-state index is 11.6. The third-order valence-corrected chi connectivity index (χ3v) is 2.64. The topological polar surface area (TPSA) is 39.0 Å². The first kappa shape index (κ1) is 8.56. The second-order valence-corrected chi connectivity index (χ2v) is 3.60. The van der Waals surface area contributed by atoms with Crippen molar-refractivity contribution in [3.8, 4) is 0 Å². The van der Waals surface area contributed by atoms with Crippen LogP contribution in [0, 0.1) is 0 Å². The van der Waals surface area contributed by atoms with Crippen molar-refractivity contribution < 1.29 is 0 Å². The summed E-state index contributed by atoms with van der Waals surface area (Å²) >= 11 is 0. The van der Waals surface area contributed by atoms with Gasteiger partial charge < -0.3 is 9.88 Å².